The molecule has 2 rings (SSSR count). The van der Waals surface area contributed by atoms with Gasteiger partial charge in [-0.25, -0.2) is 14.4 Å². The number of Topliss-reactive ketones (excluding diaryl/α,β-unsaturated/α-hetero) is 2. The number of nitrogens with zero attached hydrogens (tertiary/aromatic N) is 2. The second-order valence-electron chi connectivity index (χ2n) is 13.8. The number of hydrogen-bond donors (Lipinski definition) is 3. The third-order valence-electron chi connectivity index (χ3n) is 7.27. The van der Waals surface area contributed by atoms with Gasteiger partial charge in [0.15, 0.2) is 11.6 Å². The molecule has 2 heterocycles. The van der Waals surface area contributed by atoms with Crippen LogP contribution in [-0.4, -0.2) is 137 Å². The molecule has 0 radical (unpaired) electrons. The van der Waals surface area contributed by atoms with Crippen LogP contribution < -0.4 is 0 Å². The van der Waals surface area contributed by atoms with Crippen LogP contribution in [0, 0.1) is 11.8 Å². The molecule has 2 amide bonds. The first-order valence-corrected chi connectivity index (χ1v) is 17.1. The number of likely N-dealkylation sites (tertiary alicyclic amines) is 2. The first kappa shape index (κ1) is 48.0. The number of rotatable bonds is 14. The van der Waals surface area contributed by atoms with Crippen LogP contribution in [0.15, 0.2) is 50.6 Å². The van der Waals surface area contributed by atoms with Gasteiger partial charge in [0.25, 0.3) is 0 Å². The Balaban J connectivity index is 0.000000818. The number of amides is 2. The maximum atomic E-state index is 12.4. The minimum absolute atomic E-state index is 0.0829. The highest BCUT2D eigenvalue weighted by molar-refractivity contribution is 5.90. The van der Waals surface area contributed by atoms with Crippen molar-refractivity contribution in [1.82, 2.24) is 9.80 Å². The maximum absolute atomic E-state index is 12.4. The first-order chi connectivity index (χ1) is 24.3. The minimum atomic E-state index is -1.06. The van der Waals surface area contributed by atoms with E-state index in [4.69, 9.17) is 19.3 Å². The Labute approximate surface area is 307 Å². The van der Waals surface area contributed by atoms with E-state index in [1.807, 2.05) is 0 Å². The normalized spacial score (nSPS) is 22.3. The molecule has 2 saturated heterocycles. The summed E-state index contributed by atoms with van der Waals surface area (Å²) in [5.74, 6) is -1.41. The van der Waals surface area contributed by atoms with Crippen molar-refractivity contribution < 1.29 is 63.0 Å². The van der Waals surface area contributed by atoms with Crippen molar-refractivity contribution in [3.63, 3.8) is 0 Å². The quantitative estimate of drug-likeness (QED) is 0.131. The van der Waals surface area contributed by atoms with Crippen LogP contribution in [0.2, 0.25) is 0 Å². The van der Waals surface area contributed by atoms with Gasteiger partial charge in [-0.15, -0.1) is 19.7 Å². The highest BCUT2D eigenvalue weighted by atomic mass is 16.7. The summed E-state index contributed by atoms with van der Waals surface area (Å²) in [7, 11) is 0. The maximum Gasteiger partial charge on any atom is 0.508 e. The van der Waals surface area contributed by atoms with Gasteiger partial charge in [-0.3, -0.25) is 19.4 Å². The summed E-state index contributed by atoms with van der Waals surface area (Å²) in [6.45, 7) is 26.4. The Morgan fingerprint density at radius 1 is 0.692 bits per heavy atom. The van der Waals surface area contributed by atoms with Crippen molar-refractivity contribution in [2.75, 3.05) is 46.1 Å². The van der Waals surface area contributed by atoms with Crippen LogP contribution in [0.25, 0.3) is 0 Å². The highest BCUT2D eigenvalue weighted by Gasteiger charge is 2.49. The van der Waals surface area contributed by atoms with E-state index >= 15 is 0 Å². The van der Waals surface area contributed by atoms with Gasteiger partial charge in [0.2, 0.25) is 0 Å². The Bertz CT molecular complexity index is 1210. The summed E-state index contributed by atoms with van der Waals surface area (Å²) in [6, 6.07) is -1.92. The molecule has 52 heavy (non-hydrogen) atoms. The molecule has 3 N–H and O–H groups in total. The van der Waals surface area contributed by atoms with E-state index in [1.165, 1.54) is 15.9 Å². The standard InChI is InChI=1S/C17H27NO5.C14H23NO5.C6H10O3/c1-6-8-12-10-18(16(21)23-17(3,4)5)14(13(20)11-19)15(12)22-9-7-2;1-5-6-9-7-15(13(19)20-14(2,3)4)11(12(9)18)10(17)8-16;1-3-5-9-6(7)8-4-2/h6-7,12,14-15,19H,1-2,8-11H2,3-5H3;5,9,11-12,16,18H,1,6-8H2,2-4H3;3H,1,4-5H2,2H3/t12-,14+,15+;9-,11+,12+;/m00./s1. The molecule has 6 atom stereocenters. The van der Waals surface area contributed by atoms with Crippen molar-refractivity contribution in [2.24, 2.45) is 11.8 Å². The molecular weight excluding hydrogens is 680 g/mol. The van der Waals surface area contributed by atoms with Crippen molar-refractivity contribution in [2.45, 2.75) is 96.8 Å². The molecule has 2 aliphatic rings. The number of aliphatic hydroxyl groups is 3. The third-order valence-corrected chi connectivity index (χ3v) is 7.27. The Hall–Kier alpha value is -4.05. The Morgan fingerprint density at radius 3 is 1.56 bits per heavy atom. The van der Waals surface area contributed by atoms with Crippen LogP contribution in [0.5, 0.6) is 0 Å². The number of allylic oxidation sites excluding steroid dienone is 2. The lowest BCUT2D eigenvalue weighted by Gasteiger charge is -2.29. The summed E-state index contributed by atoms with van der Waals surface area (Å²) in [5.41, 5.74) is -1.36. The topological polar surface area (TPSA) is 199 Å². The fraction of sp³-hybridized carbons (Fsp3) is 0.649. The van der Waals surface area contributed by atoms with E-state index in [9.17, 15) is 34.2 Å². The zero-order chi connectivity index (χ0) is 40.2. The van der Waals surface area contributed by atoms with Crippen LogP contribution >= 0.6 is 0 Å². The lowest BCUT2D eigenvalue weighted by Crippen LogP contribution is -2.48. The summed E-state index contributed by atoms with van der Waals surface area (Å²) >= 11 is 0. The number of aliphatic hydroxyl groups excluding tert-OH is 3. The first-order valence-electron chi connectivity index (χ1n) is 17.1. The van der Waals surface area contributed by atoms with E-state index in [2.05, 4.69) is 35.8 Å². The highest BCUT2D eigenvalue weighted by Crippen LogP contribution is 2.32. The van der Waals surface area contributed by atoms with Crippen molar-refractivity contribution in [3.8, 4) is 0 Å². The van der Waals surface area contributed by atoms with Gasteiger partial charge in [-0.1, -0.05) is 30.9 Å². The SMILES string of the molecule is C=CCOC(=O)OCC.C=CCO[C@@H]1[C@@H](CC=C)CN(C(=O)OC(C)(C)C)[C@@H]1C(=O)CO.C=CC[C@H]1CN(C(=O)OC(C)(C)C)[C@H](C(=O)CO)[C@@H]1O. The minimum Gasteiger partial charge on any atom is -0.444 e. The fourth-order valence-electron chi connectivity index (χ4n) is 5.29. The number of carbonyl (C=O) groups is 5. The second-order valence-corrected chi connectivity index (χ2v) is 13.8. The molecule has 0 aromatic heterocycles. The summed E-state index contributed by atoms with van der Waals surface area (Å²) in [4.78, 5) is 61.4. The molecule has 15 nitrogen and oxygen atoms in total. The molecule has 2 fully saturated rings. The predicted molar refractivity (Wildman–Crippen MR) is 193 cm³/mol. The zero-order valence-electron chi connectivity index (χ0n) is 31.8. The van der Waals surface area contributed by atoms with Gasteiger partial charge in [0.1, 0.15) is 43.1 Å². The molecule has 2 aliphatic heterocycles. The number of ketones is 2. The summed E-state index contributed by atoms with van der Waals surface area (Å²) in [6.07, 6.45) is 4.10. The van der Waals surface area contributed by atoms with E-state index in [1.54, 1.807) is 66.7 Å². The number of hydrogen-bond acceptors (Lipinski definition) is 13. The molecule has 15 heteroatoms. The van der Waals surface area contributed by atoms with Crippen LogP contribution in [0.4, 0.5) is 14.4 Å². The van der Waals surface area contributed by atoms with Crippen molar-refractivity contribution >= 4 is 29.9 Å². The second kappa shape index (κ2) is 23.5. The fourth-order valence-corrected chi connectivity index (χ4v) is 5.29. The van der Waals surface area contributed by atoms with Gasteiger partial charge in [0.05, 0.1) is 25.4 Å². The summed E-state index contributed by atoms with van der Waals surface area (Å²) < 4.78 is 25.2. The number of ether oxygens (including phenoxy) is 5. The third kappa shape index (κ3) is 16.5. The van der Waals surface area contributed by atoms with Crippen LogP contribution in [-0.2, 0) is 33.3 Å². The van der Waals surface area contributed by atoms with Crippen LogP contribution in [0.1, 0.15) is 61.3 Å². The average molecular weight is 741 g/mol. The lowest BCUT2D eigenvalue weighted by atomic mass is 9.96. The largest absolute Gasteiger partial charge is 0.508 e. The molecule has 0 aromatic rings. The molecular formula is C37H60N2O13. The molecule has 296 valence electrons. The number of carbonyl (C=O) groups excluding carboxylic acids is 5. The van der Waals surface area contributed by atoms with Gasteiger partial charge in [0, 0.05) is 24.9 Å². The van der Waals surface area contributed by atoms with E-state index in [0.29, 0.717) is 26.0 Å². The van der Waals surface area contributed by atoms with E-state index in [0.717, 1.165) is 0 Å². The molecule has 0 unspecified atom stereocenters. The predicted octanol–water partition coefficient (Wildman–Crippen LogP) is 4.00. The smallest absolute Gasteiger partial charge is 0.444 e. The molecule has 0 aliphatic carbocycles. The average Bonchev–Trinajstić information content (AvgIpc) is 3.58. The van der Waals surface area contributed by atoms with E-state index in [-0.39, 0.29) is 31.6 Å². The Morgan fingerprint density at radius 2 is 1.13 bits per heavy atom. The van der Waals surface area contributed by atoms with Gasteiger partial charge >= 0.3 is 18.3 Å². The zero-order valence-corrected chi connectivity index (χ0v) is 31.8. The van der Waals surface area contributed by atoms with Gasteiger partial charge in [-0.05, 0) is 61.3 Å². The Kier molecular flexibility index (Phi) is 21.7. The summed E-state index contributed by atoms with van der Waals surface area (Å²) in [5, 5.41) is 28.4. The molecule has 0 aromatic carbocycles. The molecule has 0 spiro atoms. The van der Waals surface area contributed by atoms with Crippen molar-refractivity contribution in [3.05, 3.63) is 50.6 Å². The molecule has 0 bridgehead atoms. The monoisotopic (exact) mass is 740 g/mol. The van der Waals surface area contributed by atoms with E-state index < -0.39 is 78.6 Å². The molecule has 0 saturated carbocycles. The van der Waals surface area contributed by atoms with Crippen molar-refractivity contribution in [1.29, 1.82) is 0 Å². The van der Waals surface area contributed by atoms with Crippen LogP contribution in [0.3, 0.4) is 0 Å². The lowest BCUT2D eigenvalue weighted by molar-refractivity contribution is -0.130. The van der Waals surface area contributed by atoms with Gasteiger partial charge < -0.3 is 39.0 Å². The van der Waals surface area contributed by atoms with Gasteiger partial charge in [-0.2, -0.15) is 0 Å².